The van der Waals surface area contributed by atoms with Gasteiger partial charge in [-0.2, -0.15) is 10.1 Å². The predicted octanol–water partition coefficient (Wildman–Crippen LogP) is 2.73. The number of sulfonamides is 1. The molecule has 0 bridgehead atoms. The van der Waals surface area contributed by atoms with Crippen LogP contribution in [0.2, 0.25) is 0 Å². The van der Waals surface area contributed by atoms with E-state index in [1.165, 1.54) is 6.08 Å². The number of aryl methyl sites for hydroxylation is 1. The number of pyridine rings is 1. The Balaban J connectivity index is 1.42. The lowest BCUT2D eigenvalue weighted by atomic mass is 10.1. The fraction of sp³-hybridized carbons (Fsp3) is 0.409. The van der Waals surface area contributed by atoms with E-state index < -0.39 is 10.0 Å². The van der Waals surface area contributed by atoms with Crippen LogP contribution in [0.25, 0.3) is 22.5 Å². The number of thiocarbonyl (C=S) groups is 1. The second kappa shape index (κ2) is 9.93. The fourth-order valence-electron chi connectivity index (χ4n) is 4.06. The van der Waals surface area contributed by atoms with E-state index in [2.05, 4.69) is 30.3 Å². The molecule has 1 fully saturated rings. The number of nitrogens with zero attached hydrogens (tertiary/aromatic N) is 5. The van der Waals surface area contributed by atoms with Crippen molar-refractivity contribution in [2.75, 3.05) is 18.5 Å². The lowest BCUT2D eigenvalue weighted by Crippen LogP contribution is -2.28. The van der Waals surface area contributed by atoms with E-state index in [1.54, 1.807) is 18.5 Å². The molecule has 0 aromatic carbocycles. The third-order valence-corrected chi connectivity index (χ3v) is 7.91. The number of nitrogens with one attached hydrogen (secondary N) is 2. The average Bonchev–Trinajstić information content (AvgIpc) is 3.51. The average molecular weight is 516 g/mol. The normalized spacial score (nSPS) is 17.2. The molecule has 0 unspecified atom stereocenters. The van der Waals surface area contributed by atoms with Gasteiger partial charge in [-0.05, 0) is 25.8 Å². The molecule has 0 spiro atoms. The smallest absolute Gasteiger partial charge is 0.261 e. The van der Waals surface area contributed by atoms with Crippen LogP contribution in [0.15, 0.2) is 40.0 Å². The third-order valence-electron chi connectivity index (χ3n) is 5.91. The highest BCUT2D eigenvalue weighted by molar-refractivity contribution is 7.96. The summed E-state index contributed by atoms with van der Waals surface area (Å²) in [6.07, 6.45) is 10.6. The SMILES string of the molecule is CCn1ncc2c(NC3CCOCC3)c(-c3nc(CNS(=O)(=O)C4=CC=CCC4=S)no3)cnc21. The van der Waals surface area contributed by atoms with Crippen LogP contribution in [0.3, 0.4) is 0 Å². The van der Waals surface area contributed by atoms with Gasteiger partial charge in [0.05, 0.1) is 34.3 Å². The van der Waals surface area contributed by atoms with Gasteiger partial charge in [0.15, 0.2) is 11.5 Å². The first kappa shape index (κ1) is 23.7. The van der Waals surface area contributed by atoms with Gasteiger partial charge in [-0.25, -0.2) is 22.8 Å². The highest BCUT2D eigenvalue weighted by atomic mass is 32.2. The van der Waals surface area contributed by atoms with Crippen LogP contribution in [0.4, 0.5) is 5.69 Å². The molecule has 0 amide bonds. The van der Waals surface area contributed by atoms with E-state index in [4.69, 9.17) is 21.5 Å². The molecule has 0 atom stereocenters. The highest BCUT2D eigenvalue weighted by Crippen LogP contribution is 2.34. The first-order chi connectivity index (χ1) is 17.0. The summed E-state index contributed by atoms with van der Waals surface area (Å²) >= 11 is 5.19. The van der Waals surface area contributed by atoms with Crippen molar-refractivity contribution in [1.29, 1.82) is 0 Å². The molecule has 1 aliphatic heterocycles. The molecule has 2 N–H and O–H groups in total. The van der Waals surface area contributed by atoms with E-state index in [-0.39, 0.29) is 29.2 Å². The van der Waals surface area contributed by atoms with E-state index in [0.29, 0.717) is 36.6 Å². The van der Waals surface area contributed by atoms with Gasteiger partial charge in [0.2, 0.25) is 10.0 Å². The van der Waals surface area contributed by atoms with Gasteiger partial charge >= 0.3 is 0 Å². The van der Waals surface area contributed by atoms with Gasteiger partial charge in [0.25, 0.3) is 5.89 Å². The minimum Gasteiger partial charge on any atom is -0.381 e. The Morgan fingerprint density at radius 3 is 2.86 bits per heavy atom. The van der Waals surface area contributed by atoms with Gasteiger partial charge in [0.1, 0.15) is 0 Å². The number of hydrogen-bond donors (Lipinski definition) is 2. The van der Waals surface area contributed by atoms with Crippen LogP contribution in [0.1, 0.15) is 32.0 Å². The maximum absolute atomic E-state index is 12.7. The Kier molecular flexibility index (Phi) is 6.73. The van der Waals surface area contributed by atoms with Crippen LogP contribution < -0.4 is 10.0 Å². The molecule has 0 radical (unpaired) electrons. The van der Waals surface area contributed by atoms with Crippen LogP contribution in [0.5, 0.6) is 0 Å². The molecule has 5 rings (SSSR count). The molecule has 11 nitrogen and oxygen atoms in total. The molecule has 1 saturated heterocycles. The van der Waals surface area contributed by atoms with Crippen molar-refractivity contribution in [2.24, 2.45) is 0 Å². The standard InChI is InChI=1S/C22H25N7O4S2/c1-2-29-21-15(12-24-29)20(26-14-7-9-32-10-8-14)16(11-23-21)22-27-19(28-33-22)13-25-35(30,31)18-6-4-3-5-17(18)34/h3-4,6,11-12,14,25H,2,5,7-10,13H2,1H3,(H,23,26). The molecular formula is C22H25N7O4S2. The second-order valence-corrected chi connectivity index (χ2v) is 10.4. The van der Waals surface area contributed by atoms with Crippen molar-refractivity contribution in [3.8, 4) is 11.5 Å². The summed E-state index contributed by atoms with van der Waals surface area (Å²) in [4.78, 5) is 9.46. The summed E-state index contributed by atoms with van der Waals surface area (Å²) < 4.78 is 40.7. The number of aromatic nitrogens is 5. The molecule has 3 aromatic rings. The lowest BCUT2D eigenvalue weighted by Gasteiger charge is -2.25. The number of ether oxygens (including phenoxy) is 1. The van der Waals surface area contributed by atoms with Crippen LogP contribution in [-0.4, -0.2) is 57.4 Å². The van der Waals surface area contributed by atoms with Crippen molar-refractivity contribution in [3.05, 3.63) is 41.4 Å². The molecule has 13 heteroatoms. The number of hydrogen-bond acceptors (Lipinski definition) is 10. The van der Waals surface area contributed by atoms with Crippen LogP contribution in [0, 0.1) is 0 Å². The number of fused-ring (bicyclic) bond motifs is 1. The van der Waals surface area contributed by atoms with Crippen LogP contribution in [-0.2, 0) is 27.8 Å². The molecular weight excluding hydrogens is 490 g/mol. The summed E-state index contributed by atoms with van der Waals surface area (Å²) in [7, 11) is -3.79. The van der Waals surface area contributed by atoms with Crippen molar-refractivity contribution in [1.82, 2.24) is 29.6 Å². The summed E-state index contributed by atoms with van der Waals surface area (Å²) in [6.45, 7) is 3.94. The summed E-state index contributed by atoms with van der Waals surface area (Å²) in [6, 6.07) is 0.217. The summed E-state index contributed by atoms with van der Waals surface area (Å²) in [5, 5.41) is 12.9. The zero-order valence-corrected chi connectivity index (χ0v) is 20.7. The highest BCUT2D eigenvalue weighted by Gasteiger charge is 2.25. The number of allylic oxidation sites excluding steroid dienone is 4. The Morgan fingerprint density at radius 2 is 2.09 bits per heavy atom. The molecule has 35 heavy (non-hydrogen) atoms. The van der Waals surface area contributed by atoms with Gasteiger partial charge in [0, 0.05) is 43.3 Å². The Hall–Kier alpha value is -3.00. The zero-order valence-electron chi connectivity index (χ0n) is 19.1. The number of anilines is 1. The van der Waals surface area contributed by atoms with Gasteiger partial charge < -0.3 is 14.6 Å². The monoisotopic (exact) mass is 515 g/mol. The summed E-state index contributed by atoms with van der Waals surface area (Å²) in [5.74, 6) is 0.436. The second-order valence-electron chi connectivity index (χ2n) is 8.20. The Labute approximate surface area is 207 Å². The van der Waals surface area contributed by atoms with E-state index in [1.807, 2.05) is 17.7 Å². The topological polar surface area (TPSA) is 137 Å². The van der Waals surface area contributed by atoms with Crippen molar-refractivity contribution >= 4 is 43.8 Å². The third kappa shape index (κ3) is 4.89. The minimum atomic E-state index is -3.79. The largest absolute Gasteiger partial charge is 0.381 e. The first-order valence-electron chi connectivity index (χ1n) is 11.4. The number of rotatable bonds is 8. The van der Waals surface area contributed by atoms with E-state index in [0.717, 1.165) is 29.6 Å². The minimum absolute atomic E-state index is 0.0873. The lowest BCUT2D eigenvalue weighted by molar-refractivity contribution is 0.0905. The maximum atomic E-state index is 12.7. The van der Waals surface area contributed by atoms with Gasteiger partial charge in [-0.1, -0.05) is 29.5 Å². The quantitative estimate of drug-likeness (QED) is 0.431. The zero-order chi connectivity index (χ0) is 24.4. The van der Waals surface area contributed by atoms with Gasteiger partial charge in [-0.3, -0.25) is 0 Å². The first-order valence-corrected chi connectivity index (χ1v) is 13.3. The van der Waals surface area contributed by atoms with Gasteiger partial charge in [-0.15, -0.1) is 0 Å². The molecule has 3 aromatic heterocycles. The molecule has 1 aliphatic carbocycles. The van der Waals surface area contributed by atoms with Crippen molar-refractivity contribution < 1.29 is 17.7 Å². The molecule has 0 saturated carbocycles. The van der Waals surface area contributed by atoms with Crippen molar-refractivity contribution in [3.63, 3.8) is 0 Å². The molecule has 4 heterocycles. The van der Waals surface area contributed by atoms with E-state index >= 15 is 0 Å². The Bertz CT molecular complexity index is 1420. The van der Waals surface area contributed by atoms with E-state index in [9.17, 15) is 8.42 Å². The fourth-order valence-corrected chi connectivity index (χ4v) is 5.67. The predicted molar refractivity (Wildman–Crippen MR) is 134 cm³/mol. The van der Waals surface area contributed by atoms with Crippen molar-refractivity contribution in [2.45, 2.75) is 45.3 Å². The Morgan fingerprint density at radius 1 is 1.26 bits per heavy atom. The van der Waals surface area contributed by atoms with Crippen LogP contribution >= 0.6 is 12.2 Å². The maximum Gasteiger partial charge on any atom is 0.261 e. The molecule has 184 valence electrons. The molecule has 2 aliphatic rings. The summed E-state index contributed by atoms with van der Waals surface area (Å²) in [5.41, 5.74) is 2.19.